The molecular formula is C14H20N2O2S. The Bertz CT molecular complexity index is 432. The summed E-state index contributed by atoms with van der Waals surface area (Å²) in [5.41, 5.74) is 0.920. The minimum Gasteiger partial charge on any atom is -0.355 e. The Morgan fingerprint density at radius 1 is 1.26 bits per heavy atom. The van der Waals surface area contributed by atoms with Gasteiger partial charge in [-0.05, 0) is 24.1 Å². The first-order chi connectivity index (χ1) is 9.02. The predicted molar refractivity (Wildman–Crippen MR) is 78.3 cm³/mol. The van der Waals surface area contributed by atoms with Gasteiger partial charge in [-0.1, -0.05) is 19.1 Å². The Morgan fingerprint density at radius 2 is 1.89 bits per heavy atom. The molecule has 0 fully saturated rings. The number of carbonyl (C=O) groups excluding carboxylic acids is 2. The molecular weight excluding hydrogens is 260 g/mol. The number of hydrogen-bond acceptors (Lipinski definition) is 3. The van der Waals surface area contributed by atoms with Gasteiger partial charge in [0.25, 0.3) is 0 Å². The summed E-state index contributed by atoms with van der Waals surface area (Å²) in [6, 6.07) is 7.43. The van der Waals surface area contributed by atoms with Gasteiger partial charge in [-0.3, -0.25) is 9.59 Å². The first-order valence-corrected chi connectivity index (χ1v) is 6.76. The van der Waals surface area contributed by atoms with Gasteiger partial charge in [0.15, 0.2) is 0 Å². The zero-order chi connectivity index (χ0) is 14.3. The number of rotatable bonds is 6. The van der Waals surface area contributed by atoms with E-state index in [1.807, 2.05) is 31.2 Å². The molecule has 0 aliphatic carbocycles. The van der Waals surface area contributed by atoms with Crippen molar-refractivity contribution in [3.05, 3.63) is 29.8 Å². The van der Waals surface area contributed by atoms with Crippen LogP contribution in [0.3, 0.4) is 0 Å². The average molecular weight is 280 g/mol. The maximum atomic E-state index is 11.9. The van der Waals surface area contributed by atoms with Crippen molar-refractivity contribution in [1.29, 1.82) is 0 Å². The van der Waals surface area contributed by atoms with E-state index in [4.69, 9.17) is 0 Å². The van der Waals surface area contributed by atoms with Crippen molar-refractivity contribution >= 4 is 24.4 Å². The first-order valence-electron chi connectivity index (χ1n) is 6.31. The Kier molecular flexibility index (Phi) is 6.42. The van der Waals surface area contributed by atoms with E-state index in [2.05, 4.69) is 17.9 Å². The van der Waals surface area contributed by atoms with Crippen LogP contribution in [0.4, 0.5) is 0 Å². The van der Waals surface area contributed by atoms with Gasteiger partial charge < -0.3 is 10.2 Å². The first kappa shape index (κ1) is 15.6. The third kappa shape index (κ3) is 5.79. The van der Waals surface area contributed by atoms with E-state index in [1.165, 1.54) is 4.90 Å². The van der Waals surface area contributed by atoms with E-state index in [1.54, 1.807) is 7.05 Å². The molecule has 1 aromatic carbocycles. The Balaban J connectivity index is 2.44. The Hall–Kier alpha value is -1.49. The number of hydrogen-bond donors (Lipinski definition) is 2. The van der Waals surface area contributed by atoms with Crippen LogP contribution in [0.5, 0.6) is 0 Å². The fraction of sp³-hybridized carbons (Fsp3) is 0.429. The van der Waals surface area contributed by atoms with Gasteiger partial charge >= 0.3 is 0 Å². The van der Waals surface area contributed by atoms with Gasteiger partial charge in [0.05, 0.1) is 13.0 Å². The topological polar surface area (TPSA) is 49.4 Å². The monoisotopic (exact) mass is 280 g/mol. The van der Waals surface area contributed by atoms with E-state index in [0.29, 0.717) is 13.0 Å². The molecule has 0 aliphatic heterocycles. The predicted octanol–water partition coefficient (Wildman–Crippen LogP) is 1.50. The molecule has 0 radical (unpaired) electrons. The SMILES string of the molecule is CCCNC(=O)CN(C)C(=O)Cc1ccc(S)cc1. The van der Waals surface area contributed by atoms with Crippen LogP contribution in [0.25, 0.3) is 0 Å². The van der Waals surface area contributed by atoms with E-state index in [-0.39, 0.29) is 18.4 Å². The van der Waals surface area contributed by atoms with Crippen molar-refractivity contribution in [2.24, 2.45) is 0 Å². The molecule has 0 saturated carbocycles. The van der Waals surface area contributed by atoms with E-state index >= 15 is 0 Å². The van der Waals surface area contributed by atoms with Crippen molar-refractivity contribution in [2.75, 3.05) is 20.1 Å². The van der Waals surface area contributed by atoms with Gasteiger partial charge in [-0.15, -0.1) is 12.6 Å². The van der Waals surface area contributed by atoms with Crippen molar-refractivity contribution in [1.82, 2.24) is 10.2 Å². The maximum absolute atomic E-state index is 11.9. The fourth-order valence-corrected chi connectivity index (χ4v) is 1.70. The molecule has 0 bridgehead atoms. The summed E-state index contributed by atoms with van der Waals surface area (Å²) in [4.78, 5) is 25.7. The molecule has 19 heavy (non-hydrogen) atoms. The van der Waals surface area contributed by atoms with Crippen LogP contribution in [0.2, 0.25) is 0 Å². The minimum atomic E-state index is -0.122. The largest absolute Gasteiger partial charge is 0.355 e. The van der Waals surface area contributed by atoms with E-state index < -0.39 is 0 Å². The normalized spacial score (nSPS) is 10.1. The molecule has 1 aromatic rings. The van der Waals surface area contributed by atoms with Crippen molar-refractivity contribution in [2.45, 2.75) is 24.7 Å². The van der Waals surface area contributed by atoms with Crippen molar-refractivity contribution in [3.63, 3.8) is 0 Å². The van der Waals surface area contributed by atoms with Crippen LogP contribution in [0.1, 0.15) is 18.9 Å². The second-order valence-electron chi connectivity index (χ2n) is 4.44. The Labute approximate surface area is 119 Å². The van der Waals surface area contributed by atoms with Crippen molar-refractivity contribution < 1.29 is 9.59 Å². The second kappa shape index (κ2) is 7.84. The van der Waals surface area contributed by atoms with Gasteiger partial charge in [-0.25, -0.2) is 0 Å². The van der Waals surface area contributed by atoms with Crippen molar-refractivity contribution in [3.8, 4) is 0 Å². The highest BCUT2D eigenvalue weighted by molar-refractivity contribution is 7.80. The van der Waals surface area contributed by atoms with Crippen LogP contribution < -0.4 is 5.32 Å². The molecule has 4 nitrogen and oxygen atoms in total. The standard InChI is InChI=1S/C14H20N2O2S/c1-3-8-15-13(17)10-16(2)14(18)9-11-4-6-12(19)7-5-11/h4-7,19H,3,8-10H2,1-2H3,(H,15,17). The molecule has 0 aliphatic rings. The summed E-state index contributed by atoms with van der Waals surface area (Å²) in [5.74, 6) is -0.193. The maximum Gasteiger partial charge on any atom is 0.239 e. The molecule has 0 atom stereocenters. The highest BCUT2D eigenvalue weighted by atomic mass is 32.1. The molecule has 0 saturated heterocycles. The van der Waals surface area contributed by atoms with Gasteiger partial charge in [-0.2, -0.15) is 0 Å². The summed E-state index contributed by atoms with van der Waals surface area (Å²) < 4.78 is 0. The summed E-state index contributed by atoms with van der Waals surface area (Å²) >= 11 is 4.19. The smallest absolute Gasteiger partial charge is 0.239 e. The van der Waals surface area contributed by atoms with Crippen LogP contribution in [-0.2, 0) is 16.0 Å². The fourth-order valence-electron chi connectivity index (χ4n) is 1.55. The zero-order valence-electron chi connectivity index (χ0n) is 11.3. The summed E-state index contributed by atoms with van der Waals surface area (Å²) in [6.45, 7) is 2.73. The highest BCUT2D eigenvalue weighted by Crippen LogP contribution is 2.09. The van der Waals surface area contributed by atoms with Crippen LogP contribution >= 0.6 is 12.6 Å². The lowest BCUT2D eigenvalue weighted by atomic mass is 10.1. The molecule has 0 aromatic heterocycles. The zero-order valence-corrected chi connectivity index (χ0v) is 12.2. The van der Waals surface area contributed by atoms with E-state index in [0.717, 1.165) is 16.9 Å². The number of benzene rings is 1. The number of thiol groups is 1. The van der Waals surface area contributed by atoms with Gasteiger partial charge in [0.1, 0.15) is 0 Å². The lowest BCUT2D eigenvalue weighted by molar-refractivity contribution is -0.134. The average Bonchev–Trinajstić information content (AvgIpc) is 2.39. The number of nitrogens with one attached hydrogen (secondary N) is 1. The third-order valence-electron chi connectivity index (χ3n) is 2.67. The van der Waals surface area contributed by atoms with Crippen LogP contribution in [0.15, 0.2) is 29.2 Å². The second-order valence-corrected chi connectivity index (χ2v) is 4.96. The van der Waals surface area contributed by atoms with Crippen LogP contribution in [-0.4, -0.2) is 36.9 Å². The van der Waals surface area contributed by atoms with Gasteiger partial charge in [0, 0.05) is 18.5 Å². The third-order valence-corrected chi connectivity index (χ3v) is 2.97. The summed E-state index contributed by atoms with van der Waals surface area (Å²) in [7, 11) is 1.64. The molecule has 0 unspecified atom stereocenters. The number of likely N-dealkylation sites (N-methyl/N-ethyl adjacent to an activating group) is 1. The number of carbonyl (C=O) groups is 2. The molecule has 0 spiro atoms. The molecule has 1 rings (SSSR count). The molecule has 1 N–H and O–H groups in total. The quantitative estimate of drug-likeness (QED) is 0.776. The molecule has 5 heteroatoms. The molecule has 2 amide bonds. The number of nitrogens with zero attached hydrogens (tertiary/aromatic N) is 1. The highest BCUT2D eigenvalue weighted by Gasteiger charge is 2.12. The molecule has 104 valence electrons. The summed E-state index contributed by atoms with van der Waals surface area (Å²) in [6.07, 6.45) is 1.19. The lowest BCUT2D eigenvalue weighted by Gasteiger charge is -2.16. The minimum absolute atomic E-state index is 0.0708. The number of amides is 2. The summed E-state index contributed by atoms with van der Waals surface area (Å²) in [5, 5.41) is 2.75. The Morgan fingerprint density at radius 3 is 2.47 bits per heavy atom. The van der Waals surface area contributed by atoms with Crippen LogP contribution in [0, 0.1) is 0 Å². The van der Waals surface area contributed by atoms with E-state index in [9.17, 15) is 9.59 Å². The lowest BCUT2D eigenvalue weighted by Crippen LogP contribution is -2.39. The molecule has 0 heterocycles. The van der Waals surface area contributed by atoms with Gasteiger partial charge in [0.2, 0.25) is 11.8 Å².